The number of alkyl halides is 3. The number of carbonyl (C=O) groups is 2. The molecule has 0 aromatic heterocycles. The molecule has 0 unspecified atom stereocenters. The van der Waals surface area contributed by atoms with Crippen molar-refractivity contribution in [3.63, 3.8) is 0 Å². The van der Waals surface area contributed by atoms with Gasteiger partial charge >= 0.3 is 18.3 Å². The second-order valence-corrected chi connectivity index (χ2v) is 3.07. The summed E-state index contributed by atoms with van der Waals surface area (Å²) in [6, 6.07) is 0.548. The third-order valence-corrected chi connectivity index (χ3v) is 1.72. The van der Waals surface area contributed by atoms with Crippen molar-refractivity contribution in [3.8, 4) is 0 Å². The van der Waals surface area contributed by atoms with Gasteiger partial charge in [0.2, 0.25) is 0 Å². The van der Waals surface area contributed by atoms with E-state index in [1.807, 2.05) is 0 Å². The number of rotatable bonds is 2. The highest BCUT2D eigenvalue weighted by atomic mass is 19.4. The van der Waals surface area contributed by atoms with Gasteiger partial charge in [-0.1, -0.05) is 0 Å². The second kappa shape index (κ2) is 4.90. The number of amides is 2. The van der Waals surface area contributed by atoms with Crippen molar-refractivity contribution in [1.29, 1.82) is 0 Å². The van der Waals surface area contributed by atoms with Crippen molar-refractivity contribution in [3.05, 3.63) is 29.6 Å². The molecule has 1 rings (SSSR count). The van der Waals surface area contributed by atoms with Gasteiger partial charge in [-0.3, -0.25) is 0 Å². The zero-order valence-electron chi connectivity index (χ0n) is 8.51. The van der Waals surface area contributed by atoms with E-state index in [4.69, 9.17) is 5.11 Å². The monoisotopic (exact) mass is 266 g/mol. The molecule has 2 amide bonds. The van der Waals surface area contributed by atoms with Crippen molar-refractivity contribution in [2.24, 2.45) is 0 Å². The zero-order chi connectivity index (χ0) is 13.9. The molecule has 0 fully saturated rings. The third kappa shape index (κ3) is 3.92. The molecule has 1 aromatic rings. The Labute approximate surface area is 97.4 Å². The van der Waals surface area contributed by atoms with E-state index >= 15 is 0 Å². The fourth-order valence-corrected chi connectivity index (χ4v) is 1.08. The fraction of sp³-hybridized carbons (Fsp3) is 0.111. The molecule has 98 valence electrons. The molecule has 0 aliphatic carbocycles. The fourth-order valence-electron chi connectivity index (χ4n) is 1.08. The average molecular weight is 266 g/mol. The van der Waals surface area contributed by atoms with Crippen LogP contribution in [0.5, 0.6) is 0 Å². The lowest BCUT2D eigenvalue weighted by Gasteiger charge is -2.11. The summed E-state index contributed by atoms with van der Waals surface area (Å²) in [5.74, 6) is -2.48. The molecule has 0 radical (unpaired) electrons. The Bertz CT molecular complexity index is 487. The molecule has 0 aliphatic heterocycles. The molecule has 0 saturated carbocycles. The van der Waals surface area contributed by atoms with Gasteiger partial charge in [0.1, 0.15) is 5.82 Å². The van der Waals surface area contributed by atoms with Crippen molar-refractivity contribution in [2.45, 2.75) is 6.30 Å². The second-order valence-electron chi connectivity index (χ2n) is 3.07. The van der Waals surface area contributed by atoms with Crippen LogP contribution in [0.25, 0.3) is 0 Å². The molecule has 0 saturated heterocycles. The minimum atomic E-state index is -4.95. The number of hydrogen-bond acceptors (Lipinski definition) is 2. The van der Waals surface area contributed by atoms with Crippen LogP contribution in [0.1, 0.15) is 10.4 Å². The number of urea groups is 1. The molecule has 9 heteroatoms. The SMILES string of the molecule is O=C(Nc1ccc(F)cc1C(=O)O)NC(F)(F)F. The number of carboxylic acid groups (broad SMARTS) is 1. The lowest BCUT2D eigenvalue weighted by Crippen LogP contribution is -2.40. The van der Waals surface area contributed by atoms with Crippen LogP contribution in [-0.4, -0.2) is 23.4 Å². The molecule has 1 aromatic carbocycles. The van der Waals surface area contributed by atoms with Gasteiger partial charge in [-0.25, -0.2) is 19.3 Å². The Balaban J connectivity index is 2.91. The summed E-state index contributed by atoms with van der Waals surface area (Å²) in [5.41, 5.74) is -1.11. The smallest absolute Gasteiger partial charge is 0.478 e. The molecule has 0 bridgehead atoms. The number of anilines is 1. The zero-order valence-corrected chi connectivity index (χ0v) is 8.51. The van der Waals surface area contributed by atoms with Gasteiger partial charge < -0.3 is 10.4 Å². The number of halogens is 4. The van der Waals surface area contributed by atoms with Crippen molar-refractivity contribution < 1.29 is 32.3 Å². The Hall–Kier alpha value is -2.32. The first-order valence-electron chi connectivity index (χ1n) is 4.38. The van der Waals surface area contributed by atoms with Crippen molar-refractivity contribution in [1.82, 2.24) is 5.32 Å². The summed E-state index contributed by atoms with van der Waals surface area (Å²) in [6.45, 7) is 0. The first-order chi connectivity index (χ1) is 8.19. The van der Waals surface area contributed by atoms with Crippen LogP contribution in [0.2, 0.25) is 0 Å². The van der Waals surface area contributed by atoms with E-state index in [1.165, 1.54) is 0 Å². The quantitative estimate of drug-likeness (QED) is 0.567. The highest BCUT2D eigenvalue weighted by Crippen LogP contribution is 2.18. The van der Waals surface area contributed by atoms with Gasteiger partial charge in [0.05, 0.1) is 11.3 Å². The van der Waals surface area contributed by atoms with Gasteiger partial charge in [-0.2, -0.15) is 13.2 Å². The number of benzene rings is 1. The van der Waals surface area contributed by atoms with Gasteiger partial charge in [-0.15, -0.1) is 0 Å². The highest BCUT2D eigenvalue weighted by Gasteiger charge is 2.30. The predicted molar refractivity (Wildman–Crippen MR) is 51.6 cm³/mol. The number of nitrogens with one attached hydrogen (secondary N) is 2. The molecular weight excluding hydrogens is 260 g/mol. The van der Waals surface area contributed by atoms with E-state index in [2.05, 4.69) is 0 Å². The van der Waals surface area contributed by atoms with Gasteiger partial charge in [0.15, 0.2) is 0 Å². The van der Waals surface area contributed by atoms with Crippen LogP contribution in [0.4, 0.5) is 28.0 Å². The standard InChI is InChI=1S/C9H6F4N2O3/c10-4-1-2-6(5(3-4)7(16)17)14-8(18)15-9(11,12)13/h1-3H,(H,16,17)(H2,14,15,18). The average Bonchev–Trinajstić information content (AvgIpc) is 2.17. The van der Waals surface area contributed by atoms with Crippen LogP contribution >= 0.6 is 0 Å². The summed E-state index contributed by atoms with van der Waals surface area (Å²) in [5, 5.41) is 10.9. The van der Waals surface area contributed by atoms with Gasteiger partial charge in [0.25, 0.3) is 0 Å². The molecular formula is C9H6F4N2O3. The topological polar surface area (TPSA) is 78.4 Å². The minimum Gasteiger partial charge on any atom is -0.478 e. The van der Waals surface area contributed by atoms with Crippen LogP contribution in [0.3, 0.4) is 0 Å². The third-order valence-electron chi connectivity index (χ3n) is 1.72. The Kier molecular flexibility index (Phi) is 3.74. The van der Waals surface area contributed by atoms with Gasteiger partial charge in [-0.05, 0) is 18.2 Å². The molecule has 5 nitrogen and oxygen atoms in total. The van der Waals surface area contributed by atoms with Crippen LogP contribution in [0.15, 0.2) is 18.2 Å². The van der Waals surface area contributed by atoms with Gasteiger partial charge in [0, 0.05) is 0 Å². The number of hydrogen-bond donors (Lipinski definition) is 3. The minimum absolute atomic E-state index is 0.453. The lowest BCUT2D eigenvalue weighted by atomic mass is 10.2. The Morgan fingerprint density at radius 1 is 1.22 bits per heavy atom. The lowest BCUT2D eigenvalue weighted by molar-refractivity contribution is -0.144. The first kappa shape index (κ1) is 13.7. The van der Waals surface area contributed by atoms with Crippen molar-refractivity contribution >= 4 is 17.7 Å². The summed E-state index contributed by atoms with van der Waals surface area (Å²) >= 11 is 0. The maximum absolute atomic E-state index is 12.7. The van der Waals surface area contributed by atoms with E-state index in [1.54, 1.807) is 5.32 Å². The normalized spacial score (nSPS) is 10.9. The summed E-state index contributed by atoms with van der Waals surface area (Å²) in [7, 11) is 0. The van der Waals surface area contributed by atoms with Crippen LogP contribution in [0, 0.1) is 5.82 Å². The Morgan fingerprint density at radius 3 is 2.33 bits per heavy atom. The summed E-state index contributed by atoms with van der Waals surface area (Å²) < 4.78 is 48.1. The van der Waals surface area contributed by atoms with E-state index in [0.717, 1.165) is 12.1 Å². The van der Waals surface area contributed by atoms with Crippen LogP contribution < -0.4 is 10.6 Å². The van der Waals surface area contributed by atoms with E-state index in [-0.39, 0.29) is 0 Å². The molecule has 0 spiro atoms. The maximum Gasteiger partial charge on any atom is 0.485 e. The molecule has 0 aliphatic rings. The predicted octanol–water partition coefficient (Wildman–Crippen LogP) is 2.17. The van der Waals surface area contributed by atoms with E-state index in [0.29, 0.717) is 11.4 Å². The summed E-state index contributed by atoms with van der Waals surface area (Å²) in [4.78, 5) is 21.5. The van der Waals surface area contributed by atoms with Crippen LogP contribution in [-0.2, 0) is 0 Å². The number of carbonyl (C=O) groups excluding carboxylic acids is 1. The molecule has 0 atom stereocenters. The highest BCUT2D eigenvalue weighted by molar-refractivity contribution is 6.00. The summed E-state index contributed by atoms with van der Waals surface area (Å²) in [6.07, 6.45) is -4.95. The Morgan fingerprint density at radius 2 is 1.83 bits per heavy atom. The first-order valence-corrected chi connectivity index (χ1v) is 4.38. The largest absolute Gasteiger partial charge is 0.485 e. The van der Waals surface area contributed by atoms with Crippen molar-refractivity contribution in [2.75, 3.05) is 5.32 Å². The van der Waals surface area contributed by atoms with E-state index in [9.17, 15) is 27.2 Å². The number of carboxylic acids is 1. The maximum atomic E-state index is 12.7. The van der Waals surface area contributed by atoms with E-state index < -0.39 is 35.4 Å². The molecule has 0 heterocycles. The number of aromatic carboxylic acids is 1. The molecule has 18 heavy (non-hydrogen) atoms. The molecule has 3 N–H and O–H groups in total.